The van der Waals surface area contributed by atoms with Gasteiger partial charge >= 0.3 is 0 Å². The number of morpholine rings is 2. The molecule has 0 aromatic carbocycles. The highest BCUT2D eigenvalue weighted by Crippen LogP contribution is 2.23. The average molecular weight is 349 g/mol. The zero-order valence-electron chi connectivity index (χ0n) is 14.5. The van der Waals surface area contributed by atoms with Gasteiger partial charge in [0.05, 0.1) is 37.6 Å². The van der Waals surface area contributed by atoms with E-state index in [1.165, 1.54) is 6.20 Å². The molecule has 3 heterocycles. The van der Waals surface area contributed by atoms with E-state index in [1.54, 1.807) is 23.6 Å². The third-order valence-electron chi connectivity index (χ3n) is 4.54. The van der Waals surface area contributed by atoms with Crippen molar-refractivity contribution in [3.63, 3.8) is 0 Å². The number of nitrogen functional groups attached to an aromatic ring is 1. The van der Waals surface area contributed by atoms with E-state index in [9.17, 15) is 9.59 Å². The summed E-state index contributed by atoms with van der Waals surface area (Å²) in [6.07, 6.45) is 1.43. The first-order chi connectivity index (χ1) is 11.9. The van der Waals surface area contributed by atoms with Crippen molar-refractivity contribution in [2.75, 3.05) is 51.7 Å². The summed E-state index contributed by atoms with van der Waals surface area (Å²) in [5.74, 6) is -0.205. The number of carbonyl (C=O) groups excluding carboxylic acids is 2. The Morgan fingerprint density at radius 1 is 1.20 bits per heavy atom. The maximum atomic E-state index is 12.9. The fraction of sp³-hybridized carbons (Fsp3) is 0.625. The van der Waals surface area contributed by atoms with Crippen LogP contribution < -0.4 is 5.73 Å². The molecule has 2 aliphatic heterocycles. The van der Waals surface area contributed by atoms with Crippen molar-refractivity contribution in [3.8, 4) is 0 Å². The zero-order valence-corrected chi connectivity index (χ0v) is 14.5. The predicted molar refractivity (Wildman–Crippen MR) is 88.8 cm³/mol. The highest BCUT2D eigenvalue weighted by molar-refractivity contribution is 5.96. The van der Waals surface area contributed by atoms with E-state index >= 15 is 0 Å². The van der Waals surface area contributed by atoms with Crippen LogP contribution in [-0.4, -0.2) is 83.2 Å². The molecule has 0 radical (unpaired) electrons. The van der Waals surface area contributed by atoms with E-state index in [2.05, 4.69) is 9.97 Å². The van der Waals surface area contributed by atoms with Crippen LogP contribution in [0.3, 0.4) is 0 Å². The first-order valence-corrected chi connectivity index (χ1v) is 8.30. The van der Waals surface area contributed by atoms with E-state index < -0.39 is 5.60 Å². The van der Waals surface area contributed by atoms with Gasteiger partial charge in [0, 0.05) is 25.8 Å². The van der Waals surface area contributed by atoms with Gasteiger partial charge in [0.1, 0.15) is 0 Å². The molecule has 0 spiro atoms. The van der Waals surface area contributed by atoms with Gasteiger partial charge in [0.25, 0.3) is 11.8 Å². The van der Waals surface area contributed by atoms with Crippen LogP contribution in [0.15, 0.2) is 6.20 Å². The predicted octanol–water partition coefficient (Wildman–Crippen LogP) is -0.543. The Bertz CT molecular complexity index is 676. The molecule has 0 aliphatic carbocycles. The fourth-order valence-electron chi connectivity index (χ4n) is 3.14. The van der Waals surface area contributed by atoms with E-state index in [4.69, 9.17) is 15.2 Å². The minimum absolute atomic E-state index is 0.112. The molecule has 0 bridgehead atoms. The van der Waals surface area contributed by atoms with Crippen LogP contribution >= 0.6 is 0 Å². The van der Waals surface area contributed by atoms with Crippen molar-refractivity contribution in [3.05, 3.63) is 17.5 Å². The van der Waals surface area contributed by atoms with E-state index in [0.717, 1.165) is 0 Å². The van der Waals surface area contributed by atoms with Gasteiger partial charge in [-0.25, -0.2) is 9.97 Å². The highest BCUT2D eigenvalue weighted by atomic mass is 16.5. The van der Waals surface area contributed by atoms with Crippen molar-refractivity contribution in [1.82, 2.24) is 19.8 Å². The number of aryl methyl sites for hydroxylation is 1. The molecule has 2 fully saturated rings. The standard InChI is InChI=1S/C16H23N5O4/c1-11-12(9-18-15(17)19-11)13(22)21-5-8-25-16(2,10-21)14(23)20-3-6-24-7-4-20/h9H,3-8,10H2,1-2H3,(H2,17,18,19)/t16-/m1/s1. The molecule has 9 heteroatoms. The molecule has 3 rings (SSSR count). The molecule has 2 aliphatic rings. The number of hydrogen-bond acceptors (Lipinski definition) is 7. The van der Waals surface area contributed by atoms with Gasteiger partial charge in [-0.05, 0) is 13.8 Å². The Morgan fingerprint density at radius 2 is 1.88 bits per heavy atom. The molecule has 2 N–H and O–H groups in total. The van der Waals surface area contributed by atoms with E-state index in [1.807, 2.05) is 0 Å². The topological polar surface area (TPSA) is 111 Å². The summed E-state index contributed by atoms with van der Waals surface area (Å²) < 4.78 is 11.1. The lowest BCUT2D eigenvalue weighted by atomic mass is 10.0. The Hall–Kier alpha value is -2.26. The number of amides is 2. The Labute approximate surface area is 146 Å². The minimum Gasteiger partial charge on any atom is -0.378 e. The van der Waals surface area contributed by atoms with Gasteiger partial charge in [-0.15, -0.1) is 0 Å². The van der Waals surface area contributed by atoms with Crippen LogP contribution in [0.1, 0.15) is 23.0 Å². The quantitative estimate of drug-likeness (QED) is 0.763. The third kappa shape index (κ3) is 3.57. The van der Waals surface area contributed by atoms with Crippen LogP contribution in [-0.2, 0) is 14.3 Å². The molecule has 9 nitrogen and oxygen atoms in total. The number of nitrogens with zero attached hydrogens (tertiary/aromatic N) is 4. The van der Waals surface area contributed by atoms with Crippen molar-refractivity contribution in [1.29, 1.82) is 0 Å². The number of aromatic nitrogens is 2. The number of hydrogen-bond donors (Lipinski definition) is 1. The summed E-state index contributed by atoms with van der Waals surface area (Å²) in [6, 6.07) is 0. The average Bonchev–Trinajstić information content (AvgIpc) is 2.61. The van der Waals surface area contributed by atoms with Crippen LogP contribution in [0.4, 0.5) is 5.95 Å². The zero-order chi connectivity index (χ0) is 18.0. The maximum absolute atomic E-state index is 12.9. The summed E-state index contributed by atoms with van der Waals surface area (Å²) in [5, 5.41) is 0. The second-order valence-corrected chi connectivity index (χ2v) is 6.44. The van der Waals surface area contributed by atoms with Gasteiger partial charge < -0.3 is 25.0 Å². The smallest absolute Gasteiger partial charge is 0.257 e. The van der Waals surface area contributed by atoms with E-state index in [-0.39, 0.29) is 24.3 Å². The third-order valence-corrected chi connectivity index (χ3v) is 4.54. The number of ether oxygens (including phenoxy) is 2. The Balaban J connectivity index is 1.75. The lowest BCUT2D eigenvalue weighted by molar-refractivity contribution is -0.168. The summed E-state index contributed by atoms with van der Waals surface area (Å²) in [4.78, 5) is 37.0. The van der Waals surface area contributed by atoms with Crippen LogP contribution in [0.5, 0.6) is 0 Å². The molecule has 136 valence electrons. The fourth-order valence-corrected chi connectivity index (χ4v) is 3.14. The molecule has 0 unspecified atom stereocenters. The monoisotopic (exact) mass is 349 g/mol. The largest absolute Gasteiger partial charge is 0.378 e. The van der Waals surface area contributed by atoms with E-state index in [0.29, 0.717) is 50.7 Å². The lowest BCUT2D eigenvalue weighted by Crippen LogP contribution is -2.61. The van der Waals surface area contributed by atoms with Crippen molar-refractivity contribution in [2.45, 2.75) is 19.4 Å². The Morgan fingerprint density at radius 3 is 2.56 bits per heavy atom. The van der Waals surface area contributed by atoms with Gasteiger partial charge in [-0.1, -0.05) is 0 Å². The molecule has 2 amide bonds. The van der Waals surface area contributed by atoms with Gasteiger partial charge in [0.15, 0.2) is 5.60 Å². The molecule has 0 saturated carbocycles. The van der Waals surface area contributed by atoms with Gasteiger partial charge in [-0.3, -0.25) is 9.59 Å². The summed E-state index contributed by atoms with van der Waals surface area (Å²) in [5.41, 5.74) is 5.39. The Kier molecular flexibility index (Phi) is 4.87. The highest BCUT2D eigenvalue weighted by Gasteiger charge is 2.43. The number of nitrogens with two attached hydrogens (primary N) is 1. The number of anilines is 1. The first-order valence-electron chi connectivity index (χ1n) is 8.30. The van der Waals surface area contributed by atoms with Gasteiger partial charge in [-0.2, -0.15) is 0 Å². The number of rotatable bonds is 2. The molecule has 2 saturated heterocycles. The second-order valence-electron chi connectivity index (χ2n) is 6.44. The summed E-state index contributed by atoms with van der Waals surface area (Å²) >= 11 is 0. The number of carbonyl (C=O) groups is 2. The second kappa shape index (κ2) is 6.93. The molecule has 25 heavy (non-hydrogen) atoms. The SMILES string of the molecule is Cc1nc(N)ncc1C(=O)N1CCO[C@@](C)(C(=O)N2CCOCC2)C1. The molecule has 1 aromatic heterocycles. The van der Waals surface area contributed by atoms with Crippen molar-refractivity contribution >= 4 is 17.8 Å². The lowest BCUT2D eigenvalue weighted by Gasteiger charge is -2.42. The normalized spacial score (nSPS) is 24.2. The molecular weight excluding hydrogens is 326 g/mol. The summed E-state index contributed by atoms with van der Waals surface area (Å²) in [7, 11) is 0. The molecular formula is C16H23N5O4. The molecule has 1 aromatic rings. The maximum Gasteiger partial charge on any atom is 0.257 e. The van der Waals surface area contributed by atoms with Crippen LogP contribution in [0.25, 0.3) is 0 Å². The summed E-state index contributed by atoms with van der Waals surface area (Å²) in [6.45, 7) is 6.46. The van der Waals surface area contributed by atoms with Gasteiger partial charge in [0.2, 0.25) is 5.95 Å². The van der Waals surface area contributed by atoms with Crippen LogP contribution in [0, 0.1) is 6.92 Å². The first kappa shape index (κ1) is 17.6. The van der Waals surface area contributed by atoms with Crippen molar-refractivity contribution in [2.24, 2.45) is 0 Å². The van der Waals surface area contributed by atoms with Crippen LogP contribution in [0.2, 0.25) is 0 Å². The van der Waals surface area contributed by atoms with Crippen molar-refractivity contribution < 1.29 is 19.1 Å². The minimum atomic E-state index is -1.06. The molecule has 1 atom stereocenters.